The molecular formula is C50H76N14O15. The van der Waals surface area contributed by atoms with Gasteiger partial charge in [-0.25, -0.2) is 4.98 Å². The van der Waals surface area contributed by atoms with Crippen LogP contribution in [-0.2, 0) is 70.4 Å². The van der Waals surface area contributed by atoms with Gasteiger partial charge in [-0.3, -0.25) is 57.5 Å². The lowest BCUT2D eigenvalue weighted by Gasteiger charge is -2.32. The number of carbonyl (C=O) groups excluding carboxylic acids is 11. The van der Waals surface area contributed by atoms with Gasteiger partial charge in [-0.15, -0.1) is 0 Å². The average molecular weight is 1110 g/mol. The highest BCUT2D eigenvalue weighted by Crippen LogP contribution is 2.22. The Kier molecular flexibility index (Phi) is 26.3. The number of rotatable bonds is 33. The molecule has 18 N–H and O–H groups in total. The minimum Gasteiger partial charge on any atom is -0.508 e. The molecule has 2 aromatic rings. The molecule has 3 rings (SSSR count). The number of amides is 11. The molecule has 0 aliphatic carbocycles. The third kappa shape index (κ3) is 21.6. The van der Waals surface area contributed by atoms with Gasteiger partial charge in [0.1, 0.15) is 54.1 Å². The molecule has 11 amide bonds. The van der Waals surface area contributed by atoms with E-state index in [1.165, 1.54) is 48.6 Å². The van der Waals surface area contributed by atoms with Crippen molar-refractivity contribution in [1.29, 1.82) is 0 Å². The van der Waals surface area contributed by atoms with Crippen molar-refractivity contribution in [3.8, 4) is 5.75 Å². The Balaban J connectivity index is 1.94. The molecule has 1 fully saturated rings. The zero-order valence-electron chi connectivity index (χ0n) is 44.9. The predicted octanol–water partition coefficient (Wildman–Crippen LogP) is -4.55. The average Bonchev–Trinajstić information content (AvgIpc) is 4.14. The summed E-state index contributed by atoms with van der Waals surface area (Å²) in [5, 5.41) is 49.4. The first-order valence-corrected chi connectivity index (χ1v) is 25.9. The van der Waals surface area contributed by atoms with Crippen LogP contribution in [0.1, 0.15) is 97.2 Å². The number of primary amides is 2. The summed E-state index contributed by atoms with van der Waals surface area (Å²) in [7, 11) is 0. The molecule has 0 unspecified atom stereocenters. The Labute approximate surface area is 455 Å². The van der Waals surface area contributed by atoms with Crippen LogP contribution in [-0.4, -0.2) is 175 Å². The van der Waals surface area contributed by atoms with E-state index < -0.39 is 164 Å². The minimum absolute atomic E-state index is 0.0543. The number of hydrogen-bond acceptors (Lipinski definition) is 16. The van der Waals surface area contributed by atoms with E-state index in [0.29, 0.717) is 17.7 Å². The van der Waals surface area contributed by atoms with Gasteiger partial charge in [-0.05, 0) is 68.6 Å². The molecule has 1 aromatic heterocycles. The molecule has 29 heteroatoms. The van der Waals surface area contributed by atoms with Crippen LogP contribution in [0.2, 0.25) is 0 Å². The first-order valence-electron chi connectivity index (χ1n) is 25.9. The van der Waals surface area contributed by atoms with E-state index in [2.05, 4.69) is 52.5 Å². The molecule has 0 bridgehead atoms. The first-order chi connectivity index (χ1) is 37.2. The Morgan fingerprint density at radius 1 is 0.696 bits per heavy atom. The molecule has 436 valence electrons. The summed E-state index contributed by atoms with van der Waals surface area (Å²) in [5.74, 6) is -11.9. The number of nitrogens with zero attached hydrogens (tertiary/aromatic N) is 2. The lowest BCUT2D eigenvalue weighted by Crippen LogP contribution is -2.61. The SMILES string of the molecule is CC[C@H](C)[C@H](NC(=O)[C@H](Cc1ccc(O)cc1)NC(=O)[C@@H]1CCCN1C(=O)[C@H](CC(C)C)NC(=O)[C@H](Cc1cnc[nH]1)NC(=O)[C@H](CO)NC(=O)[C@H](C)N)C(=O)N[C@@H](CCC(=O)O)C(=O)N[C@@H](CCC(N)=O)C(=O)NCC(N)=O. The normalized spacial score (nSPS) is 16.5. The Bertz CT molecular complexity index is 2460. The van der Waals surface area contributed by atoms with Crippen molar-refractivity contribution in [1.82, 2.24) is 57.4 Å². The molecule has 1 aliphatic rings. The van der Waals surface area contributed by atoms with Gasteiger partial charge >= 0.3 is 5.97 Å². The van der Waals surface area contributed by atoms with Crippen LogP contribution in [0.5, 0.6) is 5.75 Å². The summed E-state index contributed by atoms with van der Waals surface area (Å²) >= 11 is 0. The number of aliphatic hydroxyl groups is 1. The number of imidazole rings is 1. The molecule has 79 heavy (non-hydrogen) atoms. The summed E-state index contributed by atoms with van der Waals surface area (Å²) in [6, 6.07) is -6.75. The molecule has 2 heterocycles. The van der Waals surface area contributed by atoms with E-state index in [0.717, 1.165) is 0 Å². The van der Waals surface area contributed by atoms with Crippen LogP contribution in [0, 0.1) is 11.8 Å². The third-order valence-electron chi connectivity index (χ3n) is 12.8. The van der Waals surface area contributed by atoms with Crippen molar-refractivity contribution in [2.45, 2.75) is 153 Å². The minimum atomic E-state index is -1.64. The number of likely N-dealkylation sites (tertiary alicyclic amines) is 1. The van der Waals surface area contributed by atoms with Gasteiger partial charge in [0.05, 0.1) is 25.5 Å². The molecule has 0 spiro atoms. The van der Waals surface area contributed by atoms with E-state index in [-0.39, 0.29) is 56.7 Å². The second-order valence-electron chi connectivity index (χ2n) is 19.8. The summed E-state index contributed by atoms with van der Waals surface area (Å²) in [4.78, 5) is 167. The Hall–Kier alpha value is -8.21. The molecule has 0 saturated carbocycles. The number of carbonyl (C=O) groups is 12. The fraction of sp³-hybridized carbons (Fsp3) is 0.580. The number of aliphatic carboxylic acids is 1. The maximum atomic E-state index is 14.6. The molecule has 1 aliphatic heterocycles. The number of aliphatic hydroxyl groups excluding tert-OH is 1. The molecule has 1 saturated heterocycles. The van der Waals surface area contributed by atoms with E-state index >= 15 is 0 Å². The van der Waals surface area contributed by atoms with Gasteiger partial charge in [0.15, 0.2) is 0 Å². The maximum Gasteiger partial charge on any atom is 0.303 e. The van der Waals surface area contributed by atoms with Crippen molar-refractivity contribution < 1.29 is 72.9 Å². The number of H-pyrrole nitrogens is 1. The number of hydrogen-bond donors (Lipinski definition) is 15. The number of phenols is 1. The topological polar surface area (TPSA) is 472 Å². The van der Waals surface area contributed by atoms with E-state index in [4.69, 9.17) is 17.2 Å². The molecular weight excluding hydrogens is 1040 g/mol. The Morgan fingerprint density at radius 3 is 1.82 bits per heavy atom. The van der Waals surface area contributed by atoms with Gasteiger partial charge in [-0.1, -0.05) is 46.2 Å². The summed E-state index contributed by atoms with van der Waals surface area (Å²) in [5.41, 5.74) is 16.9. The van der Waals surface area contributed by atoms with Crippen molar-refractivity contribution in [2.24, 2.45) is 29.0 Å². The number of benzene rings is 1. The van der Waals surface area contributed by atoms with E-state index in [1.54, 1.807) is 27.7 Å². The van der Waals surface area contributed by atoms with Crippen LogP contribution >= 0.6 is 0 Å². The number of nitrogens with two attached hydrogens (primary N) is 3. The number of phenolic OH excluding ortho intramolecular Hbond substituents is 1. The molecule has 10 atom stereocenters. The lowest BCUT2D eigenvalue weighted by molar-refractivity contribution is -0.143. The van der Waals surface area contributed by atoms with Crippen LogP contribution in [0.25, 0.3) is 0 Å². The van der Waals surface area contributed by atoms with E-state index in [9.17, 15) is 72.9 Å². The van der Waals surface area contributed by atoms with Crippen LogP contribution in [0.4, 0.5) is 0 Å². The number of aromatic nitrogens is 2. The second kappa shape index (κ2) is 31.9. The monoisotopic (exact) mass is 1110 g/mol. The highest BCUT2D eigenvalue weighted by atomic mass is 16.4. The number of aromatic hydroxyl groups is 1. The van der Waals surface area contributed by atoms with Gasteiger partial charge < -0.3 is 84.9 Å². The molecule has 29 nitrogen and oxygen atoms in total. The van der Waals surface area contributed by atoms with E-state index in [1.807, 2.05) is 0 Å². The van der Waals surface area contributed by atoms with Crippen LogP contribution < -0.4 is 59.7 Å². The highest BCUT2D eigenvalue weighted by molar-refractivity contribution is 5.99. The second-order valence-corrected chi connectivity index (χ2v) is 19.8. The standard InChI is InChI=1S/C50H76N14O15/c1-6-26(4)41(49(78)58-32(14-16-40(69)70)44(73)57-31(13-15-38(52)67)43(72)55-22-39(53)68)63-46(75)33(19-28-9-11-30(66)12-10-28)60-48(77)37-8-7-17-64(37)50(79)35(18-25(2)3)61-45(74)34(20-29-21-54-24-56-29)59-47(76)36(23-65)62-42(71)27(5)51/h9-12,21,24-27,31-37,41,65-66H,6-8,13-20,22-23,51H2,1-5H3,(H2,52,67)(H2,53,68)(H,54,56)(H,55,72)(H,57,73)(H,58,78)(H,59,76)(H,60,77)(H,61,74)(H,62,71)(H,63,75)(H,69,70)/t26-,27-,31-,32-,33-,34-,35-,36-,37-,41-/m0/s1. The summed E-state index contributed by atoms with van der Waals surface area (Å²) in [6.07, 6.45) is 1.21. The quantitative estimate of drug-likeness (QED) is 0.0320. The molecule has 0 radical (unpaired) electrons. The zero-order chi connectivity index (χ0) is 59.1. The fourth-order valence-electron chi connectivity index (χ4n) is 8.29. The fourth-order valence-corrected chi connectivity index (χ4v) is 8.29. The summed E-state index contributed by atoms with van der Waals surface area (Å²) in [6.45, 7) is 6.84. The van der Waals surface area contributed by atoms with Gasteiger partial charge in [0, 0.05) is 44.1 Å². The largest absolute Gasteiger partial charge is 0.508 e. The van der Waals surface area contributed by atoms with Gasteiger partial charge in [-0.2, -0.15) is 0 Å². The van der Waals surface area contributed by atoms with Crippen molar-refractivity contribution in [3.05, 3.63) is 48.0 Å². The predicted molar refractivity (Wildman–Crippen MR) is 279 cm³/mol. The smallest absolute Gasteiger partial charge is 0.303 e. The Morgan fingerprint density at radius 2 is 1.25 bits per heavy atom. The number of carboxylic acids is 1. The highest BCUT2D eigenvalue weighted by Gasteiger charge is 2.41. The zero-order valence-corrected chi connectivity index (χ0v) is 44.9. The lowest BCUT2D eigenvalue weighted by atomic mass is 9.96. The van der Waals surface area contributed by atoms with Crippen molar-refractivity contribution in [2.75, 3.05) is 19.7 Å². The van der Waals surface area contributed by atoms with Gasteiger partial charge in [0.25, 0.3) is 0 Å². The number of carboxylic acid groups (broad SMARTS) is 1. The van der Waals surface area contributed by atoms with Crippen LogP contribution in [0.3, 0.4) is 0 Å². The summed E-state index contributed by atoms with van der Waals surface area (Å²) < 4.78 is 0. The first kappa shape index (κ1) is 65.1. The third-order valence-corrected chi connectivity index (χ3v) is 12.8. The van der Waals surface area contributed by atoms with Crippen molar-refractivity contribution in [3.63, 3.8) is 0 Å². The van der Waals surface area contributed by atoms with Crippen LogP contribution in [0.15, 0.2) is 36.8 Å². The number of nitrogens with one attached hydrogen (secondary N) is 9. The van der Waals surface area contributed by atoms with Gasteiger partial charge in [0.2, 0.25) is 65.0 Å². The van der Waals surface area contributed by atoms with Crippen molar-refractivity contribution >= 4 is 70.9 Å². The molecule has 1 aromatic carbocycles. The number of aromatic amines is 1. The maximum absolute atomic E-state index is 14.6.